The molecule has 0 radical (unpaired) electrons. The lowest BCUT2D eigenvalue weighted by Crippen LogP contribution is -2.24. The highest BCUT2D eigenvalue weighted by atomic mass is 16.2. The van der Waals surface area contributed by atoms with Crippen LogP contribution in [0.4, 0.5) is 11.6 Å². The fourth-order valence-corrected chi connectivity index (χ4v) is 1.74. The number of nitrogens with one attached hydrogen (secondary N) is 2. The van der Waals surface area contributed by atoms with Crippen LogP contribution in [0.1, 0.15) is 31.7 Å². The summed E-state index contributed by atoms with van der Waals surface area (Å²) in [6.07, 6.45) is 1.23. The van der Waals surface area contributed by atoms with Crippen LogP contribution in [0.15, 0.2) is 0 Å². The van der Waals surface area contributed by atoms with Crippen molar-refractivity contribution >= 4 is 17.5 Å². The summed E-state index contributed by atoms with van der Waals surface area (Å²) in [5.41, 5.74) is 0.987. The number of hydrogen-bond acceptors (Lipinski definition) is 5. The average Bonchev–Trinajstić information content (AvgIpc) is 2.42. The summed E-state index contributed by atoms with van der Waals surface area (Å²) in [6.45, 7) is 7.44. The number of carbonyl (C=O) groups excluding carboxylic acids is 1. The molecule has 0 aliphatic carbocycles. The zero-order chi connectivity index (χ0) is 15.1. The number of hydrogen-bond donors (Lipinski definition) is 2. The van der Waals surface area contributed by atoms with E-state index in [0.29, 0.717) is 13.0 Å². The van der Waals surface area contributed by atoms with Gasteiger partial charge in [0, 0.05) is 45.6 Å². The van der Waals surface area contributed by atoms with Gasteiger partial charge < -0.3 is 15.5 Å². The van der Waals surface area contributed by atoms with Gasteiger partial charge >= 0.3 is 0 Å². The van der Waals surface area contributed by atoms with Crippen molar-refractivity contribution in [1.29, 1.82) is 0 Å². The van der Waals surface area contributed by atoms with Gasteiger partial charge in [-0.25, -0.2) is 9.97 Å². The Morgan fingerprint density at radius 2 is 1.75 bits per heavy atom. The number of anilines is 2. The third kappa shape index (κ3) is 4.36. The zero-order valence-corrected chi connectivity index (χ0v) is 13.1. The summed E-state index contributed by atoms with van der Waals surface area (Å²) in [5, 5.41) is 6.48. The smallest absolute Gasteiger partial charge is 0.223 e. The number of aromatic nitrogens is 2. The number of aryl methyl sites for hydroxylation is 1. The van der Waals surface area contributed by atoms with Gasteiger partial charge in [-0.3, -0.25) is 4.79 Å². The third-order valence-electron chi connectivity index (χ3n) is 2.98. The van der Waals surface area contributed by atoms with Crippen molar-refractivity contribution in [3.05, 3.63) is 11.4 Å². The quantitative estimate of drug-likeness (QED) is 0.794. The molecule has 0 aromatic carbocycles. The van der Waals surface area contributed by atoms with E-state index in [1.54, 1.807) is 19.0 Å². The number of rotatable bonds is 7. The Morgan fingerprint density at radius 1 is 1.15 bits per heavy atom. The highest BCUT2D eigenvalue weighted by molar-refractivity contribution is 5.76. The standard InChI is InChI=1S/C14H25N5O/c1-6-11-17-13(15-7-2)10(3)14(18-11)16-9-8-12(20)19(4)5/h6-9H2,1-5H3,(H2,15,16,17,18). The summed E-state index contributed by atoms with van der Waals surface area (Å²) in [4.78, 5) is 22.1. The van der Waals surface area contributed by atoms with Crippen molar-refractivity contribution in [3.8, 4) is 0 Å². The van der Waals surface area contributed by atoms with E-state index in [-0.39, 0.29) is 5.91 Å². The van der Waals surface area contributed by atoms with E-state index in [0.717, 1.165) is 36.0 Å². The Morgan fingerprint density at radius 3 is 2.25 bits per heavy atom. The van der Waals surface area contributed by atoms with Crippen LogP contribution in [0.5, 0.6) is 0 Å². The molecule has 0 spiro atoms. The molecule has 0 atom stereocenters. The van der Waals surface area contributed by atoms with Gasteiger partial charge in [-0.05, 0) is 13.8 Å². The van der Waals surface area contributed by atoms with Crippen LogP contribution in [0, 0.1) is 6.92 Å². The zero-order valence-electron chi connectivity index (χ0n) is 13.1. The molecule has 6 nitrogen and oxygen atoms in total. The maximum absolute atomic E-state index is 11.6. The minimum atomic E-state index is 0.104. The van der Waals surface area contributed by atoms with E-state index in [4.69, 9.17) is 0 Å². The molecule has 1 aromatic heterocycles. The number of carbonyl (C=O) groups is 1. The second kappa shape index (κ2) is 7.67. The highest BCUT2D eigenvalue weighted by Crippen LogP contribution is 2.20. The molecule has 112 valence electrons. The van der Waals surface area contributed by atoms with Crippen LogP contribution in [0.3, 0.4) is 0 Å². The van der Waals surface area contributed by atoms with Crippen LogP contribution in [-0.2, 0) is 11.2 Å². The molecule has 1 heterocycles. The lowest BCUT2D eigenvalue weighted by Gasteiger charge is -2.15. The summed E-state index contributed by atoms with van der Waals surface area (Å²) < 4.78 is 0. The molecule has 0 bridgehead atoms. The van der Waals surface area contributed by atoms with Crippen molar-refractivity contribution in [2.24, 2.45) is 0 Å². The molecule has 1 rings (SSSR count). The van der Waals surface area contributed by atoms with Gasteiger partial charge in [0.25, 0.3) is 0 Å². The Hall–Kier alpha value is -1.85. The van der Waals surface area contributed by atoms with E-state index >= 15 is 0 Å². The topological polar surface area (TPSA) is 70.1 Å². The number of nitrogens with zero attached hydrogens (tertiary/aromatic N) is 3. The average molecular weight is 279 g/mol. The molecule has 6 heteroatoms. The lowest BCUT2D eigenvalue weighted by molar-refractivity contribution is -0.128. The largest absolute Gasteiger partial charge is 0.370 e. The molecule has 0 fully saturated rings. The predicted molar refractivity (Wildman–Crippen MR) is 82.1 cm³/mol. The second-order valence-corrected chi connectivity index (χ2v) is 4.81. The minimum absolute atomic E-state index is 0.104. The molecule has 20 heavy (non-hydrogen) atoms. The fraction of sp³-hybridized carbons (Fsp3) is 0.643. The van der Waals surface area contributed by atoms with E-state index in [1.807, 2.05) is 20.8 Å². The van der Waals surface area contributed by atoms with E-state index < -0.39 is 0 Å². The Balaban J connectivity index is 2.78. The molecule has 1 amide bonds. The van der Waals surface area contributed by atoms with Crippen molar-refractivity contribution in [1.82, 2.24) is 14.9 Å². The first-order valence-electron chi connectivity index (χ1n) is 7.05. The second-order valence-electron chi connectivity index (χ2n) is 4.81. The Labute approximate surface area is 121 Å². The summed E-state index contributed by atoms with van der Waals surface area (Å²) in [6, 6.07) is 0. The van der Waals surface area contributed by atoms with Gasteiger partial charge in [0.05, 0.1) is 0 Å². The van der Waals surface area contributed by atoms with Crippen molar-refractivity contribution < 1.29 is 4.79 Å². The number of amides is 1. The minimum Gasteiger partial charge on any atom is -0.370 e. The van der Waals surface area contributed by atoms with Crippen molar-refractivity contribution in [2.45, 2.75) is 33.6 Å². The SMILES string of the molecule is CCNc1nc(CC)nc(NCCC(=O)N(C)C)c1C. The third-order valence-corrected chi connectivity index (χ3v) is 2.98. The first-order valence-corrected chi connectivity index (χ1v) is 7.05. The normalized spacial score (nSPS) is 10.2. The predicted octanol–water partition coefficient (Wildman–Crippen LogP) is 1.67. The lowest BCUT2D eigenvalue weighted by atomic mass is 10.2. The van der Waals surface area contributed by atoms with Crippen LogP contribution < -0.4 is 10.6 Å². The Kier molecular flexibility index (Phi) is 6.21. The maximum atomic E-state index is 11.6. The van der Waals surface area contributed by atoms with E-state index in [1.165, 1.54) is 0 Å². The molecular formula is C14H25N5O. The van der Waals surface area contributed by atoms with Gasteiger partial charge in [0.15, 0.2) is 0 Å². The first kappa shape index (κ1) is 16.2. The van der Waals surface area contributed by atoms with E-state index in [9.17, 15) is 4.79 Å². The van der Waals surface area contributed by atoms with Crippen molar-refractivity contribution in [3.63, 3.8) is 0 Å². The monoisotopic (exact) mass is 279 g/mol. The first-order chi connectivity index (χ1) is 9.49. The summed E-state index contributed by atoms with van der Waals surface area (Å²) in [7, 11) is 3.52. The van der Waals surface area contributed by atoms with Gasteiger partial charge in [-0.15, -0.1) is 0 Å². The molecule has 0 aliphatic heterocycles. The van der Waals surface area contributed by atoms with Crippen molar-refractivity contribution in [2.75, 3.05) is 37.8 Å². The highest BCUT2D eigenvalue weighted by Gasteiger charge is 2.10. The molecule has 0 saturated heterocycles. The molecule has 2 N–H and O–H groups in total. The molecule has 0 aliphatic rings. The fourth-order valence-electron chi connectivity index (χ4n) is 1.74. The maximum Gasteiger partial charge on any atom is 0.223 e. The van der Waals surface area contributed by atoms with E-state index in [2.05, 4.69) is 20.6 Å². The molecule has 0 unspecified atom stereocenters. The van der Waals surface area contributed by atoms with Gasteiger partial charge in [-0.1, -0.05) is 6.92 Å². The van der Waals surface area contributed by atoms with Gasteiger partial charge in [0.2, 0.25) is 5.91 Å². The Bertz CT molecular complexity index is 459. The summed E-state index contributed by atoms with van der Waals surface area (Å²) in [5.74, 6) is 2.57. The van der Waals surface area contributed by atoms with Crippen LogP contribution in [0.25, 0.3) is 0 Å². The van der Waals surface area contributed by atoms with Gasteiger partial charge in [-0.2, -0.15) is 0 Å². The van der Waals surface area contributed by atoms with Crippen LogP contribution >= 0.6 is 0 Å². The summed E-state index contributed by atoms with van der Waals surface area (Å²) >= 11 is 0. The van der Waals surface area contributed by atoms with Crippen LogP contribution in [0.2, 0.25) is 0 Å². The van der Waals surface area contributed by atoms with Crippen LogP contribution in [-0.4, -0.2) is 48.0 Å². The molecule has 0 saturated carbocycles. The molecule has 1 aromatic rings. The molecular weight excluding hydrogens is 254 g/mol. The van der Waals surface area contributed by atoms with Gasteiger partial charge in [0.1, 0.15) is 17.5 Å².